The van der Waals surface area contributed by atoms with Gasteiger partial charge in [0.1, 0.15) is 24.2 Å². The van der Waals surface area contributed by atoms with Gasteiger partial charge in [0.05, 0.1) is 18.2 Å². The maximum atomic E-state index is 10.9. The van der Waals surface area contributed by atoms with Gasteiger partial charge < -0.3 is 14.6 Å². The summed E-state index contributed by atoms with van der Waals surface area (Å²) in [5.41, 5.74) is 3.73. The van der Waals surface area contributed by atoms with E-state index in [1.54, 1.807) is 12.1 Å². The number of carboxylic acid groups (broad SMARTS) is 1. The molecular weight excluding hydrogens is 356 g/mol. The van der Waals surface area contributed by atoms with Crippen molar-refractivity contribution in [3.63, 3.8) is 0 Å². The fourth-order valence-corrected chi connectivity index (χ4v) is 3.28. The van der Waals surface area contributed by atoms with E-state index in [0.717, 1.165) is 29.8 Å². The predicted molar refractivity (Wildman–Crippen MR) is 104 cm³/mol. The number of fused-ring (bicyclic) bond motifs is 1. The molecule has 0 aliphatic carbocycles. The Balaban J connectivity index is 1.64. The van der Waals surface area contributed by atoms with Gasteiger partial charge in [0.25, 0.3) is 0 Å². The van der Waals surface area contributed by atoms with Gasteiger partial charge in [-0.3, -0.25) is 9.69 Å². The molecule has 0 radical (unpaired) electrons. The fourth-order valence-electron chi connectivity index (χ4n) is 3.28. The Morgan fingerprint density at radius 3 is 2.79 bits per heavy atom. The minimum Gasteiger partial charge on any atom is -0.490 e. The molecule has 1 aliphatic heterocycles. The molecule has 3 rings (SSSR count). The van der Waals surface area contributed by atoms with Gasteiger partial charge in [0.2, 0.25) is 0 Å². The Kier molecular flexibility index (Phi) is 6.17. The van der Waals surface area contributed by atoms with Crippen LogP contribution in [0.4, 0.5) is 0 Å². The number of carboxylic acids is 1. The zero-order chi connectivity index (χ0) is 20.1. The summed E-state index contributed by atoms with van der Waals surface area (Å²) in [6, 6.07) is 13.6. The minimum absolute atomic E-state index is 0.0103. The summed E-state index contributed by atoms with van der Waals surface area (Å²) in [6.45, 7) is 5.65. The van der Waals surface area contributed by atoms with E-state index < -0.39 is 5.97 Å². The van der Waals surface area contributed by atoms with Crippen molar-refractivity contribution in [2.24, 2.45) is 0 Å². The number of nitrogens with zero attached hydrogens (tertiary/aromatic N) is 2. The molecule has 6 heteroatoms. The van der Waals surface area contributed by atoms with Crippen molar-refractivity contribution in [1.29, 1.82) is 5.26 Å². The molecule has 0 atom stereocenters. The van der Waals surface area contributed by atoms with Crippen LogP contribution in [-0.2, 0) is 24.4 Å². The maximum absolute atomic E-state index is 10.9. The van der Waals surface area contributed by atoms with Gasteiger partial charge in [0, 0.05) is 13.1 Å². The third kappa shape index (κ3) is 5.02. The molecule has 1 aliphatic rings. The van der Waals surface area contributed by atoms with Crippen LogP contribution >= 0.6 is 0 Å². The lowest BCUT2D eigenvalue weighted by molar-refractivity contribution is -0.138. The lowest BCUT2D eigenvalue weighted by atomic mass is 9.99. The van der Waals surface area contributed by atoms with Gasteiger partial charge in [-0.15, -0.1) is 0 Å². The molecular formula is C22H24N2O4. The zero-order valence-electron chi connectivity index (χ0n) is 16.1. The second-order valence-electron chi connectivity index (χ2n) is 7.18. The molecule has 1 N–H and O–H groups in total. The average molecular weight is 380 g/mol. The normalized spacial score (nSPS) is 13.6. The summed E-state index contributed by atoms with van der Waals surface area (Å²) in [5, 5.41) is 18.3. The Morgan fingerprint density at radius 2 is 2.07 bits per heavy atom. The number of rotatable bonds is 7. The highest BCUT2D eigenvalue weighted by Gasteiger charge is 2.18. The molecule has 146 valence electrons. The summed E-state index contributed by atoms with van der Waals surface area (Å²) < 4.78 is 11.6. The molecule has 1 heterocycles. The molecule has 6 nitrogen and oxygen atoms in total. The van der Waals surface area contributed by atoms with Crippen molar-refractivity contribution in [1.82, 2.24) is 4.90 Å². The highest BCUT2D eigenvalue weighted by molar-refractivity contribution is 5.69. The lowest BCUT2D eigenvalue weighted by Crippen LogP contribution is -2.34. The number of ether oxygens (including phenoxy) is 2. The fraction of sp³-hybridized carbons (Fsp3) is 0.364. The van der Waals surface area contributed by atoms with Crippen molar-refractivity contribution < 1.29 is 19.4 Å². The molecule has 0 saturated heterocycles. The molecule has 0 aromatic heterocycles. The van der Waals surface area contributed by atoms with E-state index in [9.17, 15) is 10.1 Å². The Labute approximate surface area is 164 Å². The second-order valence-corrected chi connectivity index (χ2v) is 7.18. The molecule has 0 unspecified atom stereocenters. The maximum Gasteiger partial charge on any atom is 0.317 e. The number of hydrogen-bond donors (Lipinski definition) is 1. The van der Waals surface area contributed by atoms with E-state index in [-0.39, 0.29) is 12.6 Å². The molecule has 2 aromatic rings. The summed E-state index contributed by atoms with van der Waals surface area (Å²) in [6.07, 6.45) is 0.815. The molecule has 0 fully saturated rings. The highest BCUT2D eigenvalue weighted by Crippen LogP contribution is 2.25. The summed E-state index contributed by atoms with van der Waals surface area (Å²) in [4.78, 5) is 12.8. The molecule has 0 bridgehead atoms. The molecule has 2 aromatic carbocycles. The largest absolute Gasteiger partial charge is 0.490 e. The second kappa shape index (κ2) is 8.77. The number of benzene rings is 2. The third-order valence-corrected chi connectivity index (χ3v) is 4.56. The van der Waals surface area contributed by atoms with E-state index in [1.165, 1.54) is 5.56 Å². The van der Waals surface area contributed by atoms with Gasteiger partial charge in [-0.25, -0.2) is 0 Å². The number of aliphatic carboxylic acids is 1. The first kappa shape index (κ1) is 19.7. The van der Waals surface area contributed by atoms with Crippen LogP contribution in [0.25, 0.3) is 0 Å². The number of carbonyl (C=O) groups is 1. The van der Waals surface area contributed by atoms with Crippen LogP contribution in [0.2, 0.25) is 0 Å². The average Bonchev–Trinajstić information content (AvgIpc) is 2.66. The van der Waals surface area contributed by atoms with Gasteiger partial charge in [-0.05, 0) is 61.2 Å². The predicted octanol–water partition coefficient (Wildman–Crippen LogP) is 3.37. The molecule has 28 heavy (non-hydrogen) atoms. The first-order valence-corrected chi connectivity index (χ1v) is 9.33. The van der Waals surface area contributed by atoms with Crippen molar-refractivity contribution in [2.75, 3.05) is 13.1 Å². The smallest absolute Gasteiger partial charge is 0.317 e. The van der Waals surface area contributed by atoms with Gasteiger partial charge >= 0.3 is 5.97 Å². The monoisotopic (exact) mass is 380 g/mol. The first-order chi connectivity index (χ1) is 13.4. The SMILES string of the molecule is CC(C)Oc1ccc(COc2ccc3c(c2)CCN(CC(=O)O)C3)cc1C#N. The van der Waals surface area contributed by atoms with Crippen molar-refractivity contribution in [3.8, 4) is 17.6 Å². The van der Waals surface area contributed by atoms with Gasteiger partial charge in [0.15, 0.2) is 0 Å². The Bertz CT molecular complexity index is 902. The summed E-state index contributed by atoms with van der Waals surface area (Å²) in [5.74, 6) is 0.553. The van der Waals surface area contributed by atoms with Gasteiger partial charge in [-0.1, -0.05) is 12.1 Å². The Morgan fingerprint density at radius 1 is 1.25 bits per heavy atom. The molecule has 0 spiro atoms. The van der Waals surface area contributed by atoms with Crippen LogP contribution < -0.4 is 9.47 Å². The topological polar surface area (TPSA) is 82.8 Å². The van der Waals surface area contributed by atoms with Crippen LogP contribution in [-0.4, -0.2) is 35.2 Å². The Hall–Kier alpha value is -3.04. The van der Waals surface area contributed by atoms with Crippen LogP contribution in [0.15, 0.2) is 36.4 Å². The highest BCUT2D eigenvalue weighted by atomic mass is 16.5. The molecule has 0 saturated carbocycles. The van der Waals surface area contributed by atoms with E-state index in [4.69, 9.17) is 14.6 Å². The van der Waals surface area contributed by atoms with E-state index in [0.29, 0.717) is 24.5 Å². The molecule has 0 amide bonds. The van der Waals surface area contributed by atoms with Crippen molar-refractivity contribution in [2.45, 2.75) is 39.5 Å². The van der Waals surface area contributed by atoms with Crippen LogP contribution in [0.3, 0.4) is 0 Å². The van der Waals surface area contributed by atoms with E-state index in [2.05, 4.69) is 6.07 Å². The van der Waals surface area contributed by atoms with Crippen LogP contribution in [0.1, 0.15) is 36.1 Å². The first-order valence-electron chi connectivity index (χ1n) is 9.33. The zero-order valence-corrected chi connectivity index (χ0v) is 16.1. The number of hydrogen-bond acceptors (Lipinski definition) is 5. The summed E-state index contributed by atoms with van der Waals surface area (Å²) >= 11 is 0. The van der Waals surface area contributed by atoms with Crippen molar-refractivity contribution in [3.05, 3.63) is 58.7 Å². The van der Waals surface area contributed by atoms with Crippen molar-refractivity contribution >= 4 is 5.97 Å². The summed E-state index contributed by atoms with van der Waals surface area (Å²) in [7, 11) is 0. The van der Waals surface area contributed by atoms with Crippen LogP contribution in [0, 0.1) is 11.3 Å². The van der Waals surface area contributed by atoms with E-state index in [1.807, 2.05) is 43.0 Å². The lowest BCUT2D eigenvalue weighted by Gasteiger charge is -2.27. The van der Waals surface area contributed by atoms with Gasteiger partial charge in [-0.2, -0.15) is 5.26 Å². The van der Waals surface area contributed by atoms with E-state index >= 15 is 0 Å². The quantitative estimate of drug-likeness (QED) is 0.793. The van der Waals surface area contributed by atoms with Crippen LogP contribution in [0.5, 0.6) is 11.5 Å². The standard InChI is InChI=1S/C22H24N2O4/c1-15(2)28-21-6-3-16(9-19(21)11-23)14-27-20-5-4-18-12-24(13-22(25)26)8-7-17(18)10-20/h3-6,9-10,15H,7-8,12-14H2,1-2H3,(H,25,26). The number of nitriles is 1. The minimum atomic E-state index is -0.801. The third-order valence-electron chi connectivity index (χ3n) is 4.56.